The number of rotatable bonds is 2. The lowest BCUT2D eigenvalue weighted by Crippen LogP contribution is -1.99. The van der Waals surface area contributed by atoms with Gasteiger partial charge in [-0.1, -0.05) is 0 Å². The molecule has 0 aromatic heterocycles. The molecule has 0 unspecified atom stereocenters. The molecule has 0 fully saturated rings. The molecule has 0 saturated carbocycles. The molecule has 3 heteroatoms. The molecule has 0 saturated heterocycles. The van der Waals surface area contributed by atoms with E-state index >= 15 is 0 Å². The maximum absolute atomic E-state index is 10.2. The second-order valence-corrected chi connectivity index (χ2v) is 1.43. The van der Waals surface area contributed by atoms with Crippen LogP contribution in [0.15, 0.2) is 4.99 Å². The van der Waals surface area contributed by atoms with Crippen LogP contribution in [0.4, 0.5) is 0 Å². The Morgan fingerprint density at radius 3 is 2.25 bits per heavy atom. The highest BCUT2D eigenvalue weighted by atomic mass is 16.2. The Balaban J connectivity index is 3.55. The molecular formula is C5H7NO2. The minimum absolute atomic E-state index is 0.122. The van der Waals surface area contributed by atoms with Crippen LogP contribution in [-0.4, -0.2) is 18.4 Å². The van der Waals surface area contributed by atoms with Crippen molar-refractivity contribution in [3.63, 3.8) is 0 Å². The SMILES string of the molecule is C=NC(=O)CC(C)=O. The Bertz CT molecular complexity index is 128. The van der Waals surface area contributed by atoms with Gasteiger partial charge in [0.15, 0.2) is 0 Å². The third-order valence-electron chi connectivity index (χ3n) is 0.577. The van der Waals surface area contributed by atoms with Crippen molar-refractivity contribution >= 4 is 18.4 Å². The molecule has 0 spiro atoms. The molecule has 3 nitrogen and oxygen atoms in total. The van der Waals surface area contributed by atoms with E-state index in [-0.39, 0.29) is 12.2 Å². The molecule has 0 bridgehead atoms. The number of hydrogen-bond donors (Lipinski definition) is 0. The first-order chi connectivity index (χ1) is 3.66. The Morgan fingerprint density at radius 1 is 1.62 bits per heavy atom. The Labute approximate surface area is 47.4 Å². The fourth-order valence-electron chi connectivity index (χ4n) is 0.269. The van der Waals surface area contributed by atoms with Crippen LogP contribution in [0.3, 0.4) is 0 Å². The van der Waals surface area contributed by atoms with Gasteiger partial charge in [0.1, 0.15) is 5.78 Å². The predicted molar refractivity (Wildman–Crippen MR) is 29.9 cm³/mol. The van der Waals surface area contributed by atoms with Gasteiger partial charge in [-0.15, -0.1) is 0 Å². The molecule has 8 heavy (non-hydrogen) atoms. The largest absolute Gasteiger partial charge is 0.299 e. The average Bonchev–Trinajstić information content (AvgIpc) is 1.65. The molecule has 1 amide bonds. The smallest absolute Gasteiger partial charge is 0.252 e. The first kappa shape index (κ1) is 7.01. The fraction of sp³-hybridized carbons (Fsp3) is 0.400. The second kappa shape index (κ2) is 3.07. The van der Waals surface area contributed by atoms with Crippen molar-refractivity contribution in [3.8, 4) is 0 Å². The maximum atomic E-state index is 10.2. The minimum Gasteiger partial charge on any atom is -0.299 e. The van der Waals surface area contributed by atoms with Gasteiger partial charge < -0.3 is 0 Å². The number of amides is 1. The monoisotopic (exact) mass is 113 g/mol. The second-order valence-electron chi connectivity index (χ2n) is 1.43. The van der Waals surface area contributed by atoms with Gasteiger partial charge in [0.2, 0.25) is 0 Å². The highest BCUT2D eigenvalue weighted by Crippen LogP contribution is 1.83. The third kappa shape index (κ3) is 3.21. The summed E-state index contributed by atoms with van der Waals surface area (Å²) < 4.78 is 0. The Kier molecular flexibility index (Phi) is 2.69. The van der Waals surface area contributed by atoms with E-state index < -0.39 is 5.91 Å². The van der Waals surface area contributed by atoms with E-state index in [2.05, 4.69) is 11.7 Å². The molecular weight excluding hydrogens is 106 g/mol. The van der Waals surface area contributed by atoms with E-state index in [9.17, 15) is 9.59 Å². The number of hydrogen-bond acceptors (Lipinski definition) is 2. The Morgan fingerprint density at radius 2 is 2.12 bits per heavy atom. The van der Waals surface area contributed by atoms with E-state index in [4.69, 9.17) is 0 Å². The molecule has 0 aliphatic rings. The lowest BCUT2D eigenvalue weighted by molar-refractivity contribution is -0.125. The van der Waals surface area contributed by atoms with Gasteiger partial charge in [-0.2, -0.15) is 0 Å². The van der Waals surface area contributed by atoms with Crippen LogP contribution >= 0.6 is 0 Å². The van der Waals surface area contributed by atoms with Gasteiger partial charge in [0, 0.05) is 0 Å². The molecule has 0 aromatic rings. The highest BCUT2D eigenvalue weighted by molar-refractivity contribution is 5.98. The summed E-state index contributed by atoms with van der Waals surface area (Å²) >= 11 is 0. The number of carbonyl (C=O) groups is 2. The van der Waals surface area contributed by atoms with Gasteiger partial charge in [-0.25, -0.2) is 4.99 Å². The van der Waals surface area contributed by atoms with E-state index in [1.165, 1.54) is 6.92 Å². The van der Waals surface area contributed by atoms with E-state index in [0.29, 0.717) is 0 Å². The molecule has 0 rings (SSSR count). The summed E-state index contributed by atoms with van der Waals surface area (Å²) in [6.07, 6.45) is -0.122. The Hall–Kier alpha value is -0.990. The zero-order valence-corrected chi connectivity index (χ0v) is 4.68. The van der Waals surface area contributed by atoms with Crippen molar-refractivity contribution in [1.82, 2.24) is 0 Å². The van der Waals surface area contributed by atoms with Gasteiger partial charge >= 0.3 is 0 Å². The lowest BCUT2D eigenvalue weighted by Gasteiger charge is -1.83. The van der Waals surface area contributed by atoms with Crippen molar-refractivity contribution in [2.45, 2.75) is 13.3 Å². The topological polar surface area (TPSA) is 46.5 Å². The van der Waals surface area contributed by atoms with E-state index in [1.54, 1.807) is 0 Å². The van der Waals surface area contributed by atoms with E-state index in [0.717, 1.165) is 0 Å². The summed E-state index contributed by atoms with van der Waals surface area (Å²) in [5.74, 6) is -0.639. The molecule has 44 valence electrons. The van der Waals surface area contributed by atoms with Gasteiger partial charge in [0.25, 0.3) is 5.91 Å². The molecule has 0 radical (unpaired) electrons. The average molecular weight is 113 g/mol. The first-order valence-electron chi connectivity index (χ1n) is 2.16. The summed E-state index contributed by atoms with van der Waals surface area (Å²) in [5, 5.41) is 0. The predicted octanol–water partition coefficient (Wildman–Crippen LogP) is 0.193. The number of carbonyl (C=O) groups excluding carboxylic acids is 2. The summed E-state index contributed by atoms with van der Waals surface area (Å²) in [4.78, 5) is 23.3. The van der Waals surface area contributed by atoms with Crippen molar-refractivity contribution in [1.29, 1.82) is 0 Å². The van der Waals surface area contributed by atoms with Crippen LogP contribution < -0.4 is 0 Å². The van der Waals surface area contributed by atoms with E-state index in [1.807, 2.05) is 0 Å². The molecule has 0 atom stereocenters. The van der Waals surface area contributed by atoms with Crippen LogP contribution in [0.1, 0.15) is 13.3 Å². The molecule has 0 aromatic carbocycles. The van der Waals surface area contributed by atoms with Gasteiger partial charge in [0.05, 0.1) is 6.42 Å². The maximum Gasteiger partial charge on any atom is 0.252 e. The van der Waals surface area contributed by atoms with Crippen LogP contribution in [0.5, 0.6) is 0 Å². The molecule has 0 aliphatic carbocycles. The minimum atomic E-state index is -0.461. The molecule has 0 heterocycles. The lowest BCUT2D eigenvalue weighted by atomic mass is 10.3. The number of aliphatic imine (C=N–C) groups is 1. The van der Waals surface area contributed by atoms with Crippen LogP contribution in [0, 0.1) is 0 Å². The third-order valence-corrected chi connectivity index (χ3v) is 0.577. The summed E-state index contributed by atoms with van der Waals surface area (Å²) in [6, 6.07) is 0. The van der Waals surface area contributed by atoms with Crippen molar-refractivity contribution in [2.75, 3.05) is 0 Å². The fourth-order valence-corrected chi connectivity index (χ4v) is 0.269. The quantitative estimate of drug-likeness (QED) is 0.379. The summed E-state index contributed by atoms with van der Waals surface area (Å²) in [7, 11) is 0. The molecule has 0 N–H and O–H groups in total. The number of nitrogens with zero attached hydrogens (tertiary/aromatic N) is 1. The summed E-state index contributed by atoms with van der Waals surface area (Å²) in [5.41, 5.74) is 0. The van der Waals surface area contributed by atoms with Crippen molar-refractivity contribution in [2.24, 2.45) is 4.99 Å². The normalized spacial score (nSPS) is 8.12. The van der Waals surface area contributed by atoms with Crippen LogP contribution in [0.25, 0.3) is 0 Å². The van der Waals surface area contributed by atoms with Gasteiger partial charge in [-0.3, -0.25) is 9.59 Å². The van der Waals surface area contributed by atoms with Crippen molar-refractivity contribution in [3.05, 3.63) is 0 Å². The number of Topliss-reactive ketones (excluding diaryl/α,β-unsaturated/α-hetero) is 1. The van der Waals surface area contributed by atoms with Crippen molar-refractivity contribution < 1.29 is 9.59 Å². The number of ketones is 1. The summed E-state index contributed by atoms with van der Waals surface area (Å²) in [6.45, 7) is 4.30. The van der Waals surface area contributed by atoms with Gasteiger partial charge in [-0.05, 0) is 13.6 Å². The molecule has 0 aliphatic heterocycles. The standard InChI is InChI=1S/C5H7NO2/c1-4(7)3-5(8)6-2/h2-3H2,1H3. The first-order valence-corrected chi connectivity index (χ1v) is 2.16. The zero-order chi connectivity index (χ0) is 6.57. The highest BCUT2D eigenvalue weighted by Gasteiger charge is 1.99. The zero-order valence-electron chi connectivity index (χ0n) is 4.68. The van der Waals surface area contributed by atoms with Crippen LogP contribution in [-0.2, 0) is 9.59 Å². The van der Waals surface area contributed by atoms with Crippen LogP contribution in [0.2, 0.25) is 0 Å².